The highest BCUT2D eigenvalue weighted by Crippen LogP contribution is 2.42. The zero-order valence-corrected chi connectivity index (χ0v) is 20.7. The third kappa shape index (κ3) is 5.99. The number of rotatable bonds is 11. The minimum Gasteiger partial charge on any atom is -0.412 e. The first-order valence-electron chi connectivity index (χ1n) is 10.8. The van der Waals surface area contributed by atoms with E-state index in [4.69, 9.17) is 4.43 Å². The molecule has 1 unspecified atom stereocenters. The van der Waals surface area contributed by atoms with Gasteiger partial charge in [-0.3, -0.25) is 9.59 Å². The second-order valence-corrected chi connectivity index (χ2v) is 15.0. The number of ketones is 2. The molecular formula is C25H40O3Si. The smallest absolute Gasteiger partial charge is 0.200 e. The van der Waals surface area contributed by atoms with Gasteiger partial charge in [0.2, 0.25) is 8.32 Å². The van der Waals surface area contributed by atoms with Crippen LogP contribution in [0.1, 0.15) is 68.2 Å². The molecular weight excluding hydrogens is 376 g/mol. The summed E-state index contributed by atoms with van der Waals surface area (Å²) >= 11 is 0. The monoisotopic (exact) mass is 416 g/mol. The third-order valence-corrected chi connectivity index (χ3v) is 12.2. The van der Waals surface area contributed by atoms with Gasteiger partial charge in [0.15, 0.2) is 11.6 Å². The fourth-order valence-corrected chi connectivity index (χ4v) is 10.2. The van der Waals surface area contributed by atoms with Crippen LogP contribution in [0.4, 0.5) is 0 Å². The summed E-state index contributed by atoms with van der Waals surface area (Å²) < 4.78 is 6.59. The molecule has 1 aliphatic rings. The van der Waals surface area contributed by atoms with Gasteiger partial charge in [-0.25, -0.2) is 0 Å². The summed E-state index contributed by atoms with van der Waals surface area (Å²) in [4.78, 5) is 25.7. The highest BCUT2D eigenvalue weighted by atomic mass is 28.4. The quantitative estimate of drug-likeness (QED) is 0.213. The van der Waals surface area contributed by atoms with Crippen LogP contribution in [0, 0.1) is 5.92 Å². The molecule has 0 aromatic carbocycles. The molecule has 3 nitrogen and oxygen atoms in total. The Hall–Kier alpha value is -1.52. The predicted octanol–water partition coefficient (Wildman–Crippen LogP) is 6.73. The number of hydrogen-bond acceptors (Lipinski definition) is 3. The molecule has 162 valence electrons. The molecule has 0 fully saturated rings. The summed E-state index contributed by atoms with van der Waals surface area (Å²) in [5.74, 6) is -0.335. The molecule has 1 rings (SSSR count). The molecule has 0 N–H and O–H groups in total. The number of carbonyl (C=O) groups is 2. The van der Waals surface area contributed by atoms with E-state index in [-0.39, 0.29) is 24.1 Å². The maximum absolute atomic E-state index is 13.3. The Labute approximate surface area is 179 Å². The van der Waals surface area contributed by atoms with Crippen molar-refractivity contribution >= 4 is 19.9 Å². The SMILES string of the molecule is C=C(C)CCC(C(=C)C)C1=CC(=O)C=C(CO[Si](C(C)C)(C(C)C)C(C)C)C1=O. The molecule has 0 amide bonds. The molecule has 0 saturated carbocycles. The van der Waals surface area contributed by atoms with Gasteiger partial charge in [0, 0.05) is 17.1 Å². The van der Waals surface area contributed by atoms with E-state index >= 15 is 0 Å². The molecule has 0 aromatic heterocycles. The van der Waals surface area contributed by atoms with Crippen LogP contribution in [-0.2, 0) is 14.0 Å². The molecule has 1 atom stereocenters. The molecule has 29 heavy (non-hydrogen) atoms. The first-order valence-corrected chi connectivity index (χ1v) is 12.9. The van der Waals surface area contributed by atoms with Crippen molar-refractivity contribution in [1.82, 2.24) is 0 Å². The van der Waals surface area contributed by atoms with Gasteiger partial charge in [0.1, 0.15) is 0 Å². The lowest BCUT2D eigenvalue weighted by molar-refractivity contribution is -0.116. The standard InChI is InChI=1S/C25H40O3Si/c1-16(2)11-12-23(17(3)4)24-14-22(26)13-21(25(24)27)15-28-29(18(5)6,19(7)8)20(9)10/h13-14,18-20,23H,1,3,11-12,15H2,2,4-10H3. The van der Waals surface area contributed by atoms with E-state index in [0.29, 0.717) is 27.8 Å². The Bertz CT molecular complexity index is 701. The Morgan fingerprint density at radius 2 is 1.48 bits per heavy atom. The van der Waals surface area contributed by atoms with E-state index in [1.807, 2.05) is 13.8 Å². The topological polar surface area (TPSA) is 43.4 Å². The lowest BCUT2D eigenvalue weighted by atomic mass is 9.81. The Morgan fingerprint density at radius 3 is 1.90 bits per heavy atom. The van der Waals surface area contributed by atoms with E-state index in [1.54, 1.807) is 0 Å². The first-order chi connectivity index (χ1) is 13.3. The van der Waals surface area contributed by atoms with Gasteiger partial charge in [0.25, 0.3) is 0 Å². The fraction of sp³-hybridized carbons (Fsp3) is 0.600. The Balaban J connectivity index is 3.13. The summed E-state index contributed by atoms with van der Waals surface area (Å²) in [5.41, 5.74) is 4.26. The molecule has 0 radical (unpaired) electrons. The minimum absolute atomic E-state index is 0.0708. The van der Waals surface area contributed by atoms with Gasteiger partial charge < -0.3 is 4.43 Å². The molecule has 0 saturated heterocycles. The molecule has 0 heterocycles. The molecule has 4 heteroatoms. The summed E-state index contributed by atoms with van der Waals surface area (Å²) in [7, 11) is -2.12. The molecule has 0 aromatic rings. The maximum atomic E-state index is 13.3. The number of carbonyl (C=O) groups excluding carboxylic acids is 2. The molecule has 0 aliphatic heterocycles. The lowest BCUT2D eigenvalue weighted by Crippen LogP contribution is -2.48. The highest BCUT2D eigenvalue weighted by molar-refractivity contribution is 6.77. The van der Waals surface area contributed by atoms with Gasteiger partial charge in [-0.05, 0) is 55.5 Å². The van der Waals surface area contributed by atoms with Crippen LogP contribution in [0.15, 0.2) is 47.6 Å². The van der Waals surface area contributed by atoms with Crippen molar-refractivity contribution in [3.8, 4) is 0 Å². The van der Waals surface area contributed by atoms with Gasteiger partial charge in [0.05, 0.1) is 6.61 Å². The van der Waals surface area contributed by atoms with Crippen LogP contribution in [0.5, 0.6) is 0 Å². The van der Waals surface area contributed by atoms with Crippen molar-refractivity contribution in [1.29, 1.82) is 0 Å². The summed E-state index contributed by atoms with van der Waals surface area (Å²) in [6.07, 6.45) is 4.49. The number of allylic oxidation sites excluding steroid dienone is 5. The zero-order valence-electron chi connectivity index (χ0n) is 19.7. The fourth-order valence-electron chi connectivity index (χ4n) is 4.81. The average Bonchev–Trinajstić information content (AvgIpc) is 2.57. The average molecular weight is 417 g/mol. The van der Waals surface area contributed by atoms with Crippen LogP contribution in [0.25, 0.3) is 0 Å². The first kappa shape index (κ1) is 25.5. The van der Waals surface area contributed by atoms with Crippen molar-refractivity contribution in [2.75, 3.05) is 6.61 Å². The van der Waals surface area contributed by atoms with Crippen LogP contribution in [0.3, 0.4) is 0 Å². The van der Waals surface area contributed by atoms with Crippen molar-refractivity contribution < 1.29 is 14.0 Å². The van der Waals surface area contributed by atoms with Crippen molar-refractivity contribution in [2.45, 2.75) is 84.9 Å². The van der Waals surface area contributed by atoms with E-state index < -0.39 is 8.32 Å². The maximum Gasteiger partial charge on any atom is 0.200 e. The molecule has 0 bridgehead atoms. The molecule has 0 spiro atoms. The minimum atomic E-state index is -2.12. The van der Waals surface area contributed by atoms with Crippen LogP contribution in [0.2, 0.25) is 16.6 Å². The third-order valence-electron chi connectivity index (χ3n) is 6.18. The highest BCUT2D eigenvalue weighted by Gasteiger charge is 2.45. The molecule has 1 aliphatic carbocycles. The number of Topliss-reactive ketones (excluding diaryl/α,β-unsaturated/α-hetero) is 1. The van der Waals surface area contributed by atoms with Crippen molar-refractivity contribution in [3.63, 3.8) is 0 Å². The Morgan fingerprint density at radius 1 is 0.966 bits per heavy atom. The largest absolute Gasteiger partial charge is 0.412 e. The van der Waals surface area contributed by atoms with E-state index in [1.165, 1.54) is 12.2 Å². The van der Waals surface area contributed by atoms with Gasteiger partial charge >= 0.3 is 0 Å². The zero-order chi connectivity index (χ0) is 22.5. The van der Waals surface area contributed by atoms with Gasteiger partial charge in [-0.2, -0.15) is 0 Å². The summed E-state index contributed by atoms with van der Waals surface area (Å²) in [5, 5.41) is 0. The van der Waals surface area contributed by atoms with Crippen LogP contribution in [-0.4, -0.2) is 26.5 Å². The van der Waals surface area contributed by atoms with Gasteiger partial charge in [-0.15, -0.1) is 6.58 Å². The van der Waals surface area contributed by atoms with E-state index in [2.05, 4.69) is 54.7 Å². The predicted molar refractivity (Wildman–Crippen MR) is 126 cm³/mol. The number of hydrogen-bond donors (Lipinski definition) is 0. The summed E-state index contributed by atoms with van der Waals surface area (Å²) in [6, 6.07) is 0. The van der Waals surface area contributed by atoms with Crippen LogP contribution < -0.4 is 0 Å². The van der Waals surface area contributed by atoms with Crippen molar-refractivity contribution in [2.24, 2.45) is 5.92 Å². The second kappa shape index (κ2) is 10.5. The summed E-state index contributed by atoms with van der Waals surface area (Å²) in [6.45, 7) is 25.4. The van der Waals surface area contributed by atoms with Crippen LogP contribution >= 0.6 is 0 Å². The van der Waals surface area contributed by atoms with Crippen molar-refractivity contribution in [3.05, 3.63) is 47.6 Å². The lowest BCUT2D eigenvalue weighted by Gasteiger charge is -2.42. The normalized spacial score (nSPS) is 16.4. The van der Waals surface area contributed by atoms with E-state index in [9.17, 15) is 9.59 Å². The Kier molecular flexibility index (Phi) is 9.23. The van der Waals surface area contributed by atoms with E-state index in [0.717, 1.165) is 24.0 Å². The second-order valence-electron chi connectivity index (χ2n) is 9.50. The van der Waals surface area contributed by atoms with Gasteiger partial charge in [-0.1, -0.05) is 59.3 Å².